The van der Waals surface area contributed by atoms with Gasteiger partial charge in [0.05, 0.1) is 19.9 Å². The number of aryl methyl sites for hydroxylation is 1. The molecule has 0 aliphatic heterocycles. The Kier molecular flexibility index (Phi) is 3.60. The lowest BCUT2D eigenvalue weighted by Crippen LogP contribution is -2.25. The highest BCUT2D eigenvalue weighted by Gasteiger charge is 2.17. The van der Waals surface area contributed by atoms with Gasteiger partial charge in [0.15, 0.2) is 0 Å². The molecule has 0 heterocycles. The number of hydrogen-bond acceptors (Lipinski definition) is 3. The van der Waals surface area contributed by atoms with E-state index in [-0.39, 0.29) is 0 Å². The largest absolute Gasteiger partial charge is 0.497 e. The first-order valence-corrected chi connectivity index (χ1v) is 4.70. The minimum Gasteiger partial charge on any atom is -0.497 e. The molecule has 0 saturated carbocycles. The van der Waals surface area contributed by atoms with Crippen molar-refractivity contribution in [1.82, 2.24) is 0 Å². The van der Waals surface area contributed by atoms with Crippen molar-refractivity contribution in [2.45, 2.75) is 6.92 Å². The molecule has 1 aromatic rings. The van der Waals surface area contributed by atoms with E-state index in [1.165, 1.54) is 14.2 Å². The standard InChI is InChI=1S/C11H15NO4/c1-7-5-8(15-3)6-9(16-4)10(7)12(2)11(13)14/h5-6H,1-4H3,(H,13,14). The molecule has 0 bridgehead atoms. The molecule has 1 N–H and O–H groups in total. The molecule has 1 rings (SSSR count). The molecule has 88 valence electrons. The predicted octanol–water partition coefficient (Wildman–Crippen LogP) is 2.13. The average Bonchev–Trinajstić information content (AvgIpc) is 2.26. The maximum Gasteiger partial charge on any atom is 0.411 e. The normalized spacial score (nSPS) is 9.75. The fraction of sp³-hybridized carbons (Fsp3) is 0.364. The molecule has 0 fully saturated rings. The lowest BCUT2D eigenvalue weighted by molar-refractivity contribution is 0.203. The van der Waals surface area contributed by atoms with Gasteiger partial charge in [-0.15, -0.1) is 0 Å². The van der Waals surface area contributed by atoms with E-state index in [2.05, 4.69) is 0 Å². The summed E-state index contributed by atoms with van der Waals surface area (Å²) in [4.78, 5) is 12.0. The van der Waals surface area contributed by atoms with Crippen LogP contribution in [0.5, 0.6) is 11.5 Å². The molecule has 0 radical (unpaired) electrons. The summed E-state index contributed by atoms with van der Waals surface area (Å²) < 4.78 is 10.2. The van der Waals surface area contributed by atoms with Gasteiger partial charge in [-0.3, -0.25) is 4.90 Å². The van der Waals surface area contributed by atoms with Crippen molar-refractivity contribution in [3.05, 3.63) is 17.7 Å². The molecule has 0 aliphatic rings. The van der Waals surface area contributed by atoms with E-state index in [9.17, 15) is 4.79 Å². The molecule has 5 heteroatoms. The second-order valence-corrected chi connectivity index (χ2v) is 3.34. The molecule has 5 nitrogen and oxygen atoms in total. The van der Waals surface area contributed by atoms with Crippen LogP contribution in [0, 0.1) is 6.92 Å². The van der Waals surface area contributed by atoms with E-state index >= 15 is 0 Å². The number of hydrogen-bond donors (Lipinski definition) is 1. The number of carbonyl (C=O) groups is 1. The Morgan fingerprint density at radius 1 is 1.31 bits per heavy atom. The van der Waals surface area contributed by atoms with Crippen molar-refractivity contribution in [2.75, 3.05) is 26.2 Å². The second-order valence-electron chi connectivity index (χ2n) is 3.34. The molecule has 0 unspecified atom stereocenters. The third-order valence-corrected chi connectivity index (χ3v) is 2.32. The highest BCUT2D eigenvalue weighted by atomic mass is 16.5. The summed E-state index contributed by atoms with van der Waals surface area (Å²) in [5.74, 6) is 1.11. The Labute approximate surface area is 94.2 Å². The van der Waals surface area contributed by atoms with E-state index < -0.39 is 6.09 Å². The van der Waals surface area contributed by atoms with Gasteiger partial charge < -0.3 is 14.6 Å². The van der Waals surface area contributed by atoms with E-state index in [0.29, 0.717) is 17.2 Å². The van der Waals surface area contributed by atoms with Gasteiger partial charge in [-0.2, -0.15) is 0 Å². The van der Waals surface area contributed by atoms with E-state index in [0.717, 1.165) is 10.5 Å². The predicted molar refractivity (Wildman–Crippen MR) is 60.7 cm³/mol. The molecule has 1 amide bonds. The van der Waals surface area contributed by atoms with Crippen molar-refractivity contribution < 1.29 is 19.4 Å². The smallest absolute Gasteiger partial charge is 0.411 e. The Morgan fingerprint density at radius 3 is 2.38 bits per heavy atom. The summed E-state index contributed by atoms with van der Waals surface area (Å²) in [5, 5.41) is 8.95. The highest BCUT2D eigenvalue weighted by molar-refractivity contribution is 5.89. The van der Waals surface area contributed by atoms with Gasteiger partial charge in [-0.05, 0) is 18.6 Å². The van der Waals surface area contributed by atoms with Crippen molar-refractivity contribution >= 4 is 11.8 Å². The first-order valence-electron chi connectivity index (χ1n) is 4.70. The Balaban J connectivity index is 3.31. The van der Waals surface area contributed by atoms with Crippen LogP contribution < -0.4 is 14.4 Å². The van der Waals surface area contributed by atoms with Crippen LogP contribution in [-0.4, -0.2) is 32.5 Å². The summed E-state index contributed by atoms with van der Waals surface area (Å²) in [7, 11) is 4.52. The lowest BCUT2D eigenvalue weighted by atomic mass is 10.1. The Hall–Kier alpha value is -1.91. The number of amides is 1. The zero-order valence-electron chi connectivity index (χ0n) is 9.77. The molecule has 0 saturated heterocycles. The summed E-state index contributed by atoms with van der Waals surface area (Å²) >= 11 is 0. The third kappa shape index (κ3) is 2.18. The van der Waals surface area contributed by atoms with E-state index in [1.807, 2.05) is 0 Å². The number of methoxy groups -OCH3 is 2. The van der Waals surface area contributed by atoms with Gasteiger partial charge in [0.25, 0.3) is 0 Å². The molecule has 0 aliphatic carbocycles. The lowest BCUT2D eigenvalue weighted by Gasteiger charge is -2.20. The number of rotatable bonds is 3. The van der Waals surface area contributed by atoms with Gasteiger partial charge in [0.2, 0.25) is 0 Å². The van der Waals surface area contributed by atoms with Crippen LogP contribution in [0.4, 0.5) is 10.5 Å². The van der Waals surface area contributed by atoms with Crippen molar-refractivity contribution in [3.63, 3.8) is 0 Å². The second kappa shape index (κ2) is 4.74. The molecule has 0 aromatic heterocycles. The van der Waals surface area contributed by atoms with Crippen LogP contribution in [0.2, 0.25) is 0 Å². The van der Waals surface area contributed by atoms with Crippen LogP contribution in [0.25, 0.3) is 0 Å². The zero-order chi connectivity index (χ0) is 12.3. The summed E-state index contributed by atoms with van der Waals surface area (Å²) in [6, 6.07) is 3.42. The van der Waals surface area contributed by atoms with Gasteiger partial charge in [0, 0.05) is 13.1 Å². The molecular weight excluding hydrogens is 210 g/mol. The van der Waals surface area contributed by atoms with Crippen LogP contribution in [0.1, 0.15) is 5.56 Å². The molecule has 16 heavy (non-hydrogen) atoms. The van der Waals surface area contributed by atoms with Crippen LogP contribution in [0.15, 0.2) is 12.1 Å². The van der Waals surface area contributed by atoms with Gasteiger partial charge in [-0.25, -0.2) is 4.79 Å². The average molecular weight is 225 g/mol. The maximum absolute atomic E-state index is 10.9. The summed E-state index contributed by atoms with van der Waals surface area (Å²) in [6.07, 6.45) is -1.04. The maximum atomic E-state index is 10.9. The third-order valence-electron chi connectivity index (χ3n) is 2.32. The van der Waals surface area contributed by atoms with Gasteiger partial charge >= 0.3 is 6.09 Å². The Bertz CT molecular complexity index is 403. The van der Waals surface area contributed by atoms with Crippen molar-refractivity contribution in [2.24, 2.45) is 0 Å². The molecule has 1 aromatic carbocycles. The highest BCUT2D eigenvalue weighted by Crippen LogP contribution is 2.35. The first-order chi connectivity index (χ1) is 7.51. The number of benzene rings is 1. The number of anilines is 1. The van der Waals surface area contributed by atoms with E-state index in [1.54, 1.807) is 26.2 Å². The topological polar surface area (TPSA) is 59.0 Å². The molecular formula is C11H15NO4. The SMILES string of the molecule is COc1cc(C)c(N(C)C(=O)O)c(OC)c1. The quantitative estimate of drug-likeness (QED) is 0.856. The fourth-order valence-electron chi connectivity index (χ4n) is 1.51. The van der Waals surface area contributed by atoms with Crippen molar-refractivity contribution in [3.8, 4) is 11.5 Å². The fourth-order valence-corrected chi connectivity index (χ4v) is 1.51. The number of ether oxygens (including phenoxy) is 2. The molecule has 0 atom stereocenters. The van der Waals surface area contributed by atoms with Crippen molar-refractivity contribution in [1.29, 1.82) is 0 Å². The summed E-state index contributed by atoms with van der Waals surface area (Å²) in [5.41, 5.74) is 1.30. The minimum atomic E-state index is -1.04. The zero-order valence-corrected chi connectivity index (χ0v) is 9.77. The summed E-state index contributed by atoms with van der Waals surface area (Å²) in [6.45, 7) is 1.81. The minimum absolute atomic E-state index is 0.474. The van der Waals surface area contributed by atoms with E-state index in [4.69, 9.17) is 14.6 Å². The van der Waals surface area contributed by atoms with Crippen LogP contribution in [0.3, 0.4) is 0 Å². The number of carboxylic acid groups (broad SMARTS) is 1. The van der Waals surface area contributed by atoms with Gasteiger partial charge in [-0.1, -0.05) is 0 Å². The first kappa shape index (κ1) is 12.2. The number of nitrogens with zero attached hydrogens (tertiary/aromatic N) is 1. The van der Waals surface area contributed by atoms with Crippen LogP contribution >= 0.6 is 0 Å². The van der Waals surface area contributed by atoms with Gasteiger partial charge in [0.1, 0.15) is 11.5 Å². The van der Waals surface area contributed by atoms with Crippen LogP contribution in [-0.2, 0) is 0 Å². The molecule has 0 spiro atoms. The monoisotopic (exact) mass is 225 g/mol. The Morgan fingerprint density at radius 2 is 1.94 bits per heavy atom.